The third-order valence-electron chi connectivity index (χ3n) is 3.03. The van der Waals surface area contributed by atoms with Gasteiger partial charge in [-0.05, 0) is 18.9 Å². The lowest BCUT2D eigenvalue weighted by atomic mass is 10.1. The van der Waals surface area contributed by atoms with Crippen LogP contribution in [0.3, 0.4) is 0 Å². The minimum Gasteiger partial charge on any atom is -0.356 e. The van der Waals surface area contributed by atoms with E-state index in [0.29, 0.717) is 18.3 Å². The maximum Gasteiger partial charge on any atom is 0.240 e. The molecule has 1 aliphatic rings. The predicted molar refractivity (Wildman–Crippen MR) is 85.3 cm³/mol. The molecule has 112 valence electrons. The molecular formula is C15H19N3O2S. The molecule has 21 heavy (non-hydrogen) atoms. The molecule has 1 fully saturated rings. The smallest absolute Gasteiger partial charge is 0.240 e. The number of hydrogen-bond acceptors (Lipinski definition) is 4. The maximum absolute atomic E-state index is 11.9. The van der Waals surface area contributed by atoms with Gasteiger partial charge >= 0.3 is 0 Å². The Morgan fingerprint density at radius 1 is 1.38 bits per heavy atom. The molecule has 0 spiro atoms. The molecule has 1 heterocycles. The summed E-state index contributed by atoms with van der Waals surface area (Å²) in [5.74, 6) is -0.235. The second-order valence-corrected chi connectivity index (χ2v) is 5.86. The first-order valence-corrected chi connectivity index (χ1v) is 7.89. The van der Waals surface area contributed by atoms with Crippen LogP contribution in [0.1, 0.15) is 18.9 Å². The Labute approximate surface area is 128 Å². The van der Waals surface area contributed by atoms with Gasteiger partial charge < -0.3 is 10.6 Å². The highest BCUT2D eigenvalue weighted by Gasteiger charge is 2.31. The van der Waals surface area contributed by atoms with Crippen molar-refractivity contribution >= 4 is 28.7 Å². The van der Waals surface area contributed by atoms with E-state index in [9.17, 15) is 9.59 Å². The summed E-state index contributed by atoms with van der Waals surface area (Å²) in [5.41, 5.74) is 1.18. The van der Waals surface area contributed by atoms with Crippen molar-refractivity contribution in [3.05, 3.63) is 35.9 Å². The second-order valence-electron chi connectivity index (χ2n) is 4.66. The summed E-state index contributed by atoms with van der Waals surface area (Å²) in [6.45, 7) is 3.11. The van der Waals surface area contributed by atoms with E-state index in [4.69, 9.17) is 0 Å². The molecular weight excluding hydrogens is 286 g/mol. The van der Waals surface area contributed by atoms with Crippen LogP contribution in [0.5, 0.6) is 0 Å². The Kier molecular flexibility index (Phi) is 5.80. The summed E-state index contributed by atoms with van der Waals surface area (Å²) in [7, 11) is 0. The van der Waals surface area contributed by atoms with Crippen LogP contribution in [0.4, 0.5) is 0 Å². The molecule has 1 unspecified atom stereocenters. The molecule has 5 nitrogen and oxygen atoms in total. The number of nitrogens with one attached hydrogen (secondary N) is 2. The zero-order chi connectivity index (χ0) is 15.1. The van der Waals surface area contributed by atoms with Crippen LogP contribution in [0.15, 0.2) is 35.3 Å². The quantitative estimate of drug-likeness (QED) is 0.833. The lowest BCUT2D eigenvalue weighted by Gasteiger charge is -2.07. The van der Waals surface area contributed by atoms with Crippen LogP contribution >= 0.6 is 11.8 Å². The molecule has 0 radical (unpaired) electrons. The van der Waals surface area contributed by atoms with Crippen molar-refractivity contribution < 1.29 is 9.59 Å². The van der Waals surface area contributed by atoms with E-state index in [1.54, 1.807) is 0 Å². The molecule has 6 heteroatoms. The van der Waals surface area contributed by atoms with Crippen LogP contribution in [0.25, 0.3) is 0 Å². The fraction of sp³-hybridized carbons (Fsp3) is 0.400. The average molecular weight is 305 g/mol. The fourth-order valence-electron chi connectivity index (χ4n) is 1.99. The Morgan fingerprint density at radius 3 is 2.86 bits per heavy atom. The van der Waals surface area contributed by atoms with E-state index < -0.39 is 0 Å². The van der Waals surface area contributed by atoms with Crippen molar-refractivity contribution in [3.8, 4) is 0 Å². The lowest BCUT2D eigenvalue weighted by molar-refractivity contribution is -0.125. The highest BCUT2D eigenvalue weighted by atomic mass is 32.2. The Bertz CT molecular complexity index is 531. The monoisotopic (exact) mass is 305 g/mol. The zero-order valence-electron chi connectivity index (χ0n) is 12.0. The molecule has 2 amide bonds. The number of amides is 2. The third kappa shape index (κ3) is 4.90. The van der Waals surface area contributed by atoms with Crippen LogP contribution in [-0.4, -0.2) is 35.3 Å². The summed E-state index contributed by atoms with van der Waals surface area (Å²) in [5, 5.41) is 5.79. The second kappa shape index (κ2) is 7.83. The molecule has 0 aromatic heterocycles. The van der Waals surface area contributed by atoms with E-state index in [1.807, 2.05) is 37.3 Å². The molecule has 0 saturated carbocycles. The predicted octanol–water partition coefficient (Wildman–Crippen LogP) is 1.34. The first-order chi connectivity index (χ1) is 10.2. The number of amidine groups is 1. The van der Waals surface area contributed by atoms with Gasteiger partial charge in [-0.1, -0.05) is 42.1 Å². The molecule has 1 aromatic rings. The molecule has 1 aromatic carbocycles. The van der Waals surface area contributed by atoms with E-state index in [1.165, 1.54) is 17.3 Å². The van der Waals surface area contributed by atoms with Gasteiger partial charge in [0.2, 0.25) is 11.8 Å². The SMILES string of the molecule is CCN=C1NC(=O)C(CC(=O)NCCc2ccccc2)S1. The zero-order valence-corrected chi connectivity index (χ0v) is 12.8. The van der Waals surface area contributed by atoms with Gasteiger partial charge in [-0.25, -0.2) is 0 Å². The van der Waals surface area contributed by atoms with Gasteiger partial charge in [-0.2, -0.15) is 0 Å². The van der Waals surface area contributed by atoms with Crippen molar-refractivity contribution in [2.75, 3.05) is 13.1 Å². The van der Waals surface area contributed by atoms with Gasteiger partial charge in [0.1, 0.15) is 5.25 Å². The summed E-state index contributed by atoms with van der Waals surface area (Å²) >= 11 is 1.33. The summed E-state index contributed by atoms with van der Waals surface area (Å²) in [6.07, 6.45) is 0.979. The largest absolute Gasteiger partial charge is 0.356 e. The number of aliphatic imine (C=N–C) groups is 1. The van der Waals surface area contributed by atoms with Gasteiger partial charge in [0, 0.05) is 19.5 Å². The average Bonchev–Trinajstić information content (AvgIpc) is 2.80. The number of benzene rings is 1. The molecule has 2 rings (SSSR count). The normalized spacial score (nSPS) is 19.6. The number of thioether (sulfide) groups is 1. The minimum absolute atomic E-state index is 0.101. The lowest BCUT2D eigenvalue weighted by Crippen LogP contribution is -2.32. The molecule has 0 bridgehead atoms. The van der Waals surface area contributed by atoms with E-state index in [2.05, 4.69) is 15.6 Å². The van der Waals surface area contributed by atoms with E-state index in [0.717, 1.165) is 6.42 Å². The van der Waals surface area contributed by atoms with E-state index >= 15 is 0 Å². The van der Waals surface area contributed by atoms with Gasteiger partial charge in [-0.15, -0.1) is 0 Å². The highest BCUT2D eigenvalue weighted by molar-refractivity contribution is 8.15. The number of carbonyl (C=O) groups excluding carboxylic acids is 2. The molecule has 2 N–H and O–H groups in total. The van der Waals surface area contributed by atoms with E-state index in [-0.39, 0.29) is 23.5 Å². The standard InChI is InChI=1S/C15H19N3O2S/c1-2-16-15-18-14(20)12(21-15)10-13(19)17-9-8-11-6-4-3-5-7-11/h3-7,12H,2,8-10H2,1H3,(H,17,19)(H,16,18,20). The molecule has 1 atom stereocenters. The Hall–Kier alpha value is -1.82. The van der Waals surface area contributed by atoms with Crippen LogP contribution in [-0.2, 0) is 16.0 Å². The number of rotatable bonds is 6. The maximum atomic E-state index is 11.9. The van der Waals surface area contributed by atoms with Crippen molar-refractivity contribution in [1.29, 1.82) is 0 Å². The number of nitrogens with zero attached hydrogens (tertiary/aromatic N) is 1. The minimum atomic E-state index is -0.368. The van der Waals surface area contributed by atoms with Gasteiger partial charge in [-0.3, -0.25) is 14.6 Å². The van der Waals surface area contributed by atoms with Crippen LogP contribution in [0, 0.1) is 0 Å². The molecule has 0 aliphatic carbocycles. The fourth-order valence-corrected chi connectivity index (χ4v) is 3.02. The van der Waals surface area contributed by atoms with Crippen molar-refractivity contribution in [2.24, 2.45) is 4.99 Å². The highest BCUT2D eigenvalue weighted by Crippen LogP contribution is 2.22. The topological polar surface area (TPSA) is 70.6 Å². The van der Waals surface area contributed by atoms with Crippen LogP contribution < -0.4 is 10.6 Å². The van der Waals surface area contributed by atoms with Crippen molar-refractivity contribution in [1.82, 2.24) is 10.6 Å². The number of hydrogen-bond donors (Lipinski definition) is 2. The Balaban J connectivity index is 1.72. The third-order valence-corrected chi connectivity index (χ3v) is 4.15. The number of carbonyl (C=O) groups is 2. The first kappa shape index (κ1) is 15.6. The Morgan fingerprint density at radius 2 is 2.14 bits per heavy atom. The van der Waals surface area contributed by atoms with Crippen molar-refractivity contribution in [3.63, 3.8) is 0 Å². The van der Waals surface area contributed by atoms with Crippen LogP contribution in [0.2, 0.25) is 0 Å². The summed E-state index contributed by atoms with van der Waals surface area (Å²) in [4.78, 5) is 27.7. The van der Waals surface area contributed by atoms with Gasteiger partial charge in [0.15, 0.2) is 5.17 Å². The van der Waals surface area contributed by atoms with Gasteiger partial charge in [0.05, 0.1) is 0 Å². The van der Waals surface area contributed by atoms with Gasteiger partial charge in [0.25, 0.3) is 0 Å². The first-order valence-electron chi connectivity index (χ1n) is 7.01. The molecule has 1 saturated heterocycles. The summed E-state index contributed by atoms with van der Waals surface area (Å²) < 4.78 is 0. The summed E-state index contributed by atoms with van der Waals surface area (Å²) in [6, 6.07) is 9.98. The molecule has 1 aliphatic heterocycles. The van der Waals surface area contributed by atoms with Crippen molar-refractivity contribution in [2.45, 2.75) is 25.0 Å².